The minimum Gasteiger partial charge on any atom is -0.417 e. The Morgan fingerprint density at radius 2 is 2.20 bits per heavy atom. The zero-order chi connectivity index (χ0) is 10.7. The van der Waals surface area contributed by atoms with Crippen molar-refractivity contribution in [2.75, 3.05) is 0 Å². The quantitative estimate of drug-likeness (QED) is 0.632. The van der Waals surface area contributed by atoms with Crippen molar-refractivity contribution in [1.29, 1.82) is 0 Å². The maximum absolute atomic E-state index is 5.59. The monoisotopic (exact) mass is 335 g/mol. The van der Waals surface area contributed by atoms with E-state index in [1.54, 1.807) is 0 Å². The van der Waals surface area contributed by atoms with Crippen molar-refractivity contribution < 1.29 is 9.15 Å². The molecule has 0 aliphatic heterocycles. The van der Waals surface area contributed by atoms with E-state index in [2.05, 4.69) is 27.6 Å². The maximum Gasteiger partial charge on any atom is 0.399 e. The summed E-state index contributed by atoms with van der Waals surface area (Å²) in [6.45, 7) is 0. The molecule has 0 spiro atoms. The summed E-state index contributed by atoms with van der Waals surface area (Å²) in [5, 5.41) is 0. The Labute approximate surface area is 106 Å². The number of halogens is 2. The topological polar surface area (TPSA) is 35.3 Å². The Morgan fingerprint density at radius 3 is 2.87 bits per heavy atom. The van der Waals surface area contributed by atoms with Crippen LogP contribution in [0.4, 0.5) is 0 Å². The first kappa shape index (κ1) is 10.8. The standard InChI is InChI=1S/C10H7ClINO2/c11-5-7-6-14-10(13-7)15-9-4-2-1-3-8(9)12/h1-4,6H,5H2. The van der Waals surface area contributed by atoms with E-state index in [0.29, 0.717) is 11.6 Å². The molecule has 0 atom stereocenters. The van der Waals surface area contributed by atoms with Gasteiger partial charge in [-0.2, -0.15) is 4.98 Å². The van der Waals surface area contributed by atoms with Crippen molar-refractivity contribution in [1.82, 2.24) is 4.98 Å². The summed E-state index contributed by atoms with van der Waals surface area (Å²) in [7, 11) is 0. The largest absolute Gasteiger partial charge is 0.417 e. The summed E-state index contributed by atoms with van der Waals surface area (Å²) in [5.41, 5.74) is 0.664. The minimum absolute atomic E-state index is 0.217. The minimum atomic E-state index is 0.217. The van der Waals surface area contributed by atoms with Crippen LogP contribution in [0.3, 0.4) is 0 Å². The first-order valence-corrected chi connectivity index (χ1v) is 5.83. The predicted octanol–water partition coefficient (Wildman–Crippen LogP) is 3.81. The number of rotatable bonds is 3. The first-order chi connectivity index (χ1) is 7.29. The van der Waals surface area contributed by atoms with Crippen molar-refractivity contribution in [3.8, 4) is 11.8 Å². The summed E-state index contributed by atoms with van der Waals surface area (Å²) >= 11 is 7.78. The third-order valence-electron chi connectivity index (χ3n) is 1.70. The van der Waals surface area contributed by atoms with E-state index in [9.17, 15) is 0 Å². The second-order valence-electron chi connectivity index (χ2n) is 2.77. The number of hydrogen-bond acceptors (Lipinski definition) is 3. The molecule has 2 aromatic rings. The Kier molecular flexibility index (Phi) is 3.48. The molecule has 0 fully saturated rings. The Hall–Kier alpha value is -0.750. The van der Waals surface area contributed by atoms with Crippen LogP contribution >= 0.6 is 34.2 Å². The molecular weight excluding hydrogens is 328 g/mol. The highest BCUT2D eigenvalue weighted by atomic mass is 127. The molecular formula is C10H7ClINO2. The van der Waals surface area contributed by atoms with Crippen LogP contribution in [0.25, 0.3) is 0 Å². The van der Waals surface area contributed by atoms with Gasteiger partial charge in [-0.05, 0) is 34.7 Å². The molecule has 0 saturated heterocycles. The van der Waals surface area contributed by atoms with Crippen LogP contribution in [-0.2, 0) is 5.88 Å². The van der Waals surface area contributed by atoms with Crippen LogP contribution in [-0.4, -0.2) is 4.98 Å². The molecule has 3 nitrogen and oxygen atoms in total. The van der Waals surface area contributed by atoms with Gasteiger partial charge in [0.1, 0.15) is 12.0 Å². The molecule has 0 aliphatic carbocycles. The van der Waals surface area contributed by atoms with Crippen LogP contribution < -0.4 is 4.74 Å². The second-order valence-corrected chi connectivity index (χ2v) is 4.20. The van der Waals surface area contributed by atoms with E-state index in [-0.39, 0.29) is 6.08 Å². The van der Waals surface area contributed by atoms with Crippen molar-refractivity contribution in [2.24, 2.45) is 0 Å². The van der Waals surface area contributed by atoms with Gasteiger partial charge in [0.15, 0.2) is 0 Å². The molecule has 0 bridgehead atoms. The number of benzene rings is 1. The van der Waals surface area contributed by atoms with E-state index in [1.807, 2.05) is 24.3 Å². The summed E-state index contributed by atoms with van der Waals surface area (Å²) in [5.74, 6) is 1.04. The number of oxazole rings is 1. The smallest absolute Gasteiger partial charge is 0.399 e. The lowest BCUT2D eigenvalue weighted by atomic mass is 10.3. The van der Waals surface area contributed by atoms with Gasteiger partial charge in [0, 0.05) is 0 Å². The van der Waals surface area contributed by atoms with Crippen molar-refractivity contribution in [2.45, 2.75) is 5.88 Å². The molecule has 0 N–H and O–H groups in total. The Morgan fingerprint density at radius 1 is 1.40 bits per heavy atom. The molecule has 2 rings (SSSR count). The first-order valence-electron chi connectivity index (χ1n) is 4.22. The normalized spacial score (nSPS) is 10.3. The summed E-state index contributed by atoms with van der Waals surface area (Å²) in [6, 6.07) is 7.63. The van der Waals surface area contributed by atoms with E-state index in [0.717, 1.165) is 9.32 Å². The molecule has 0 saturated carbocycles. The van der Waals surface area contributed by atoms with Gasteiger partial charge in [-0.3, -0.25) is 0 Å². The van der Waals surface area contributed by atoms with Gasteiger partial charge in [-0.25, -0.2) is 0 Å². The van der Waals surface area contributed by atoms with Crippen LogP contribution in [0, 0.1) is 3.57 Å². The zero-order valence-electron chi connectivity index (χ0n) is 7.61. The van der Waals surface area contributed by atoms with E-state index >= 15 is 0 Å². The number of hydrogen-bond donors (Lipinski definition) is 0. The van der Waals surface area contributed by atoms with Gasteiger partial charge in [0.05, 0.1) is 15.1 Å². The third-order valence-corrected chi connectivity index (χ3v) is 2.87. The Bertz CT molecular complexity index is 458. The molecule has 1 aromatic carbocycles. The Balaban J connectivity index is 2.18. The highest BCUT2D eigenvalue weighted by molar-refractivity contribution is 14.1. The number of alkyl halides is 1. The van der Waals surface area contributed by atoms with Crippen molar-refractivity contribution >= 4 is 34.2 Å². The molecule has 0 unspecified atom stereocenters. The lowest BCUT2D eigenvalue weighted by Crippen LogP contribution is -1.87. The van der Waals surface area contributed by atoms with Gasteiger partial charge >= 0.3 is 6.08 Å². The molecule has 0 aliphatic rings. The fourth-order valence-electron chi connectivity index (χ4n) is 1.02. The number of ether oxygens (including phenoxy) is 1. The lowest BCUT2D eigenvalue weighted by molar-refractivity contribution is 0.329. The fraction of sp³-hybridized carbons (Fsp3) is 0.100. The van der Waals surface area contributed by atoms with Gasteiger partial charge in [0.2, 0.25) is 0 Å². The van der Waals surface area contributed by atoms with Crippen molar-refractivity contribution in [3.63, 3.8) is 0 Å². The van der Waals surface area contributed by atoms with E-state index < -0.39 is 0 Å². The van der Waals surface area contributed by atoms with Crippen LogP contribution in [0.15, 0.2) is 34.9 Å². The van der Waals surface area contributed by atoms with Crippen LogP contribution in [0.2, 0.25) is 0 Å². The number of nitrogens with zero attached hydrogens (tertiary/aromatic N) is 1. The maximum atomic E-state index is 5.59. The average molecular weight is 336 g/mol. The summed E-state index contributed by atoms with van der Waals surface area (Å²) in [6.07, 6.45) is 1.70. The van der Waals surface area contributed by atoms with Gasteiger partial charge < -0.3 is 9.15 Å². The fourth-order valence-corrected chi connectivity index (χ4v) is 1.64. The van der Waals surface area contributed by atoms with Crippen LogP contribution in [0.5, 0.6) is 11.8 Å². The van der Waals surface area contributed by atoms with Crippen LogP contribution in [0.1, 0.15) is 5.69 Å². The molecule has 1 heterocycles. The summed E-state index contributed by atoms with van der Waals surface area (Å²) in [4.78, 5) is 4.04. The van der Waals surface area contributed by atoms with Gasteiger partial charge in [-0.15, -0.1) is 11.6 Å². The molecule has 5 heteroatoms. The molecule has 78 valence electrons. The lowest BCUT2D eigenvalue weighted by Gasteiger charge is -2.01. The summed E-state index contributed by atoms with van der Waals surface area (Å²) < 4.78 is 11.5. The third kappa shape index (κ3) is 2.63. The van der Waals surface area contributed by atoms with Crippen molar-refractivity contribution in [3.05, 3.63) is 39.8 Å². The molecule has 1 aromatic heterocycles. The molecule has 15 heavy (non-hydrogen) atoms. The highest BCUT2D eigenvalue weighted by Crippen LogP contribution is 2.25. The van der Waals surface area contributed by atoms with E-state index in [4.69, 9.17) is 20.8 Å². The number of para-hydroxylation sites is 1. The average Bonchev–Trinajstić information content (AvgIpc) is 2.69. The van der Waals surface area contributed by atoms with Gasteiger partial charge in [-0.1, -0.05) is 12.1 Å². The SMILES string of the molecule is ClCc1coc(Oc2ccccc2I)n1. The molecule has 0 amide bonds. The highest BCUT2D eigenvalue weighted by Gasteiger charge is 2.07. The second kappa shape index (κ2) is 4.85. The van der Waals surface area contributed by atoms with Gasteiger partial charge in [0.25, 0.3) is 0 Å². The molecule has 0 radical (unpaired) electrons. The predicted molar refractivity (Wildman–Crippen MR) is 65.3 cm³/mol. The zero-order valence-corrected chi connectivity index (χ0v) is 10.5. The van der Waals surface area contributed by atoms with E-state index in [1.165, 1.54) is 6.26 Å². The number of aromatic nitrogens is 1.